The Hall–Kier alpha value is -2.49. The lowest BCUT2D eigenvalue weighted by molar-refractivity contribution is 0.262. The highest BCUT2D eigenvalue weighted by atomic mass is 35.5. The molecule has 0 spiro atoms. The highest BCUT2D eigenvalue weighted by Gasteiger charge is 2.13. The van der Waals surface area contributed by atoms with Gasteiger partial charge in [0.15, 0.2) is 0 Å². The largest absolute Gasteiger partial charge is 0.495 e. The number of ether oxygens (including phenoxy) is 2. The molecule has 0 saturated heterocycles. The molecule has 10 heteroatoms. The summed E-state index contributed by atoms with van der Waals surface area (Å²) >= 11 is 6.04. The van der Waals surface area contributed by atoms with E-state index in [2.05, 4.69) is 10.6 Å². The molecule has 0 unspecified atom stereocenters. The van der Waals surface area contributed by atoms with Crippen LogP contribution in [0, 0.1) is 0 Å². The maximum absolute atomic E-state index is 12.1. The van der Waals surface area contributed by atoms with E-state index in [1.165, 1.54) is 44.6 Å². The first-order chi connectivity index (χ1) is 11.7. The summed E-state index contributed by atoms with van der Waals surface area (Å²) in [5.41, 5.74) is 0.718. The number of benzene rings is 2. The lowest BCUT2D eigenvalue weighted by Crippen LogP contribution is -2.20. The second-order valence-electron chi connectivity index (χ2n) is 4.84. The molecule has 2 aromatic rings. The third-order valence-corrected chi connectivity index (χ3v) is 4.39. The average Bonchev–Trinajstić information content (AvgIpc) is 2.54. The number of halogens is 1. The first kappa shape index (κ1) is 18.8. The monoisotopic (exact) mass is 385 g/mol. The predicted octanol–water partition coefficient (Wildman–Crippen LogP) is 2.65. The van der Waals surface area contributed by atoms with Gasteiger partial charge in [-0.2, -0.15) is 0 Å². The number of hydrogen-bond acceptors (Lipinski definition) is 5. The van der Waals surface area contributed by atoms with Gasteiger partial charge in [-0.1, -0.05) is 11.6 Å². The standard InChI is InChI=1S/C15H16ClN3O5S/c1-23-13-8-14(24-2)12(7-11(13)16)19-15(20)18-9-3-5-10(6-4-9)25(17,21)22/h3-8H,1-2H3,(H2,17,21,22)(H2,18,19,20). The molecular weight excluding hydrogens is 370 g/mol. The van der Waals surface area contributed by atoms with Crippen molar-refractivity contribution in [1.29, 1.82) is 0 Å². The lowest BCUT2D eigenvalue weighted by atomic mass is 10.2. The normalized spacial score (nSPS) is 10.9. The predicted molar refractivity (Wildman–Crippen MR) is 95.0 cm³/mol. The SMILES string of the molecule is COc1cc(OC)c(NC(=O)Nc2ccc(S(N)(=O)=O)cc2)cc1Cl. The van der Waals surface area contributed by atoms with E-state index in [4.69, 9.17) is 26.2 Å². The minimum atomic E-state index is -3.79. The first-order valence-corrected chi connectivity index (χ1v) is 8.79. The van der Waals surface area contributed by atoms with Crippen LogP contribution in [-0.4, -0.2) is 28.7 Å². The zero-order valence-corrected chi connectivity index (χ0v) is 14.9. The van der Waals surface area contributed by atoms with Gasteiger partial charge in [0, 0.05) is 11.8 Å². The van der Waals surface area contributed by atoms with Crippen LogP contribution in [0.1, 0.15) is 0 Å². The first-order valence-electron chi connectivity index (χ1n) is 6.87. The van der Waals surface area contributed by atoms with Gasteiger partial charge in [0.25, 0.3) is 0 Å². The van der Waals surface area contributed by atoms with Crippen molar-refractivity contribution in [1.82, 2.24) is 0 Å². The summed E-state index contributed by atoms with van der Waals surface area (Å²) in [7, 11) is -0.882. The van der Waals surface area contributed by atoms with Crippen molar-refractivity contribution in [3.8, 4) is 11.5 Å². The zero-order valence-electron chi connectivity index (χ0n) is 13.4. The number of amides is 2. The van der Waals surface area contributed by atoms with Gasteiger partial charge in [-0.15, -0.1) is 0 Å². The quantitative estimate of drug-likeness (QED) is 0.730. The summed E-state index contributed by atoms with van der Waals surface area (Å²) in [6.45, 7) is 0. The van der Waals surface area contributed by atoms with Crippen molar-refractivity contribution in [3.05, 3.63) is 41.4 Å². The molecule has 0 aliphatic heterocycles. The van der Waals surface area contributed by atoms with Crippen molar-refractivity contribution in [2.45, 2.75) is 4.90 Å². The highest BCUT2D eigenvalue weighted by molar-refractivity contribution is 7.89. The minimum Gasteiger partial charge on any atom is -0.495 e. The molecule has 0 radical (unpaired) electrons. The van der Waals surface area contributed by atoms with Gasteiger partial charge < -0.3 is 20.1 Å². The molecule has 2 rings (SSSR count). The van der Waals surface area contributed by atoms with E-state index in [0.29, 0.717) is 27.9 Å². The average molecular weight is 386 g/mol. The molecule has 134 valence electrons. The van der Waals surface area contributed by atoms with Crippen LogP contribution < -0.4 is 25.2 Å². The number of rotatable bonds is 5. The Morgan fingerprint density at radius 3 is 2.16 bits per heavy atom. The number of carbonyl (C=O) groups excluding carboxylic acids is 1. The van der Waals surface area contributed by atoms with Gasteiger partial charge in [0.05, 0.1) is 29.8 Å². The van der Waals surface area contributed by atoms with Crippen LogP contribution in [0.4, 0.5) is 16.2 Å². The van der Waals surface area contributed by atoms with Crippen LogP contribution in [0.5, 0.6) is 11.5 Å². The van der Waals surface area contributed by atoms with Crippen LogP contribution >= 0.6 is 11.6 Å². The summed E-state index contributed by atoms with van der Waals surface area (Å²) in [6, 6.07) is 7.87. The Balaban J connectivity index is 2.14. The number of primary sulfonamides is 1. The van der Waals surface area contributed by atoms with Crippen LogP contribution in [0.3, 0.4) is 0 Å². The van der Waals surface area contributed by atoms with E-state index in [9.17, 15) is 13.2 Å². The molecular formula is C15H16ClN3O5S. The molecule has 0 aliphatic carbocycles. The topological polar surface area (TPSA) is 120 Å². The van der Waals surface area contributed by atoms with E-state index < -0.39 is 16.1 Å². The maximum Gasteiger partial charge on any atom is 0.323 e. The Morgan fingerprint density at radius 1 is 1.04 bits per heavy atom. The van der Waals surface area contributed by atoms with Crippen molar-refractivity contribution in [2.75, 3.05) is 24.9 Å². The van der Waals surface area contributed by atoms with Crippen molar-refractivity contribution < 1.29 is 22.7 Å². The van der Waals surface area contributed by atoms with E-state index in [-0.39, 0.29) is 4.90 Å². The fourth-order valence-electron chi connectivity index (χ4n) is 1.97. The van der Waals surface area contributed by atoms with Crippen LogP contribution in [-0.2, 0) is 10.0 Å². The number of sulfonamides is 1. The van der Waals surface area contributed by atoms with Crippen LogP contribution in [0.2, 0.25) is 5.02 Å². The van der Waals surface area contributed by atoms with Crippen LogP contribution in [0.25, 0.3) is 0 Å². The Bertz CT molecular complexity index is 885. The number of nitrogens with one attached hydrogen (secondary N) is 2. The fourth-order valence-corrected chi connectivity index (χ4v) is 2.73. The number of anilines is 2. The number of hydrogen-bond donors (Lipinski definition) is 3. The Kier molecular flexibility index (Phi) is 5.73. The zero-order chi connectivity index (χ0) is 18.6. The molecule has 8 nitrogen and oxygen atoms in total. The number of methoxy groups -OCH3 is 2. The lowest BCUT2D eigenvalue weighted by Gasteiger charge is -2.13. The summed E-state index contributed by atoms with van der Waals surface area (Å²) in [4.78, 5) is 12.0. The van der Waals surface area contributed by atoms with Crippen molar-refractivity contribution >= 4 is 39.0 Å². The summed E-state index contributed by atoms with van der Waals surface area (Å²) in [6.07, 6.45) is 0. The van der Waals surface area contributed by atoms with Crippen LogP contribution in [0.15, 0.2) is 41.3 Å². The molecule has 0 atom stereocenters. The third kappa shape index (κ3) is 4.75. The molecule has 0 fully saturated rings. The van der Waals surface area contributed by atoms with E-state index >= 15 is 0 Å². The van der Waals surface area contributed by atoms with Crippen molar-refractivity contribution in [2.24, 2.45) is 5.14 Å². The molecule has 0 aliphatic rings. The third-order valence-electron chi connectivity index (χ3n) is 3.16. The summed E-state index contributed by atoms with van der Waals surface area (Å²) in [5.74, 6) is 0.768. The molecule has 0 bridgehead atoms. The fraction of sp³-hybridized carbons (Fsp3) is 0.133. The summed E-state index contributed by atoms with van der Waals surface area (Å²) < 4.78 is 32.7. The number of carbonyl (C=O) groups is 1. The number of urea groups is 1. The van der Waals surface area contributed by atoms with Gasteiger partial charge in [-0.3, -0.25) is 0 Å². The highest BCUT2D eigenvalue weighted by Crippen LogP contribution is 2.35. The van der Waals surface area contributed by atoms with E-state index in [1.807, 2.05) is 0 Å². The second kappa shape index (κ2) is 7.60. The molecule has 0 heterocycles. The smallest absolute Gasteiger partial charge is 0.323 e. The molecule has 0 aromatic heterocycles. The molecule has 25 heavy (non-hydrogen) atoms. The van der Waals surface area contributed by atoms with Gasteiger partial charge in [-0.25, -0.2) is 18.4 Å². The number of nitrogens with two attached hydrogens (primary N) is 1. The van der Waals surface area contributed by atoms with Crippen molar-refractivity contribution in [3.63, 3.8) is 0 Å². The maximum atomic E-state index is 12.1. The Morgan fingerprint density at radius 2 is 1.64 bits per heavy atom. The van der Waals surface area contributed by atoms with Gasteiger partial charge in [0.2, 0.25) is 10.0 Å². The molecule has 0 saturated carbocycles. The minimum absolute atomic E-state index is 0.0536. The molecule has 4 N–H and O–H groups in total. The molecule has 2 amide bonds. The Labute approximate surface area is 149 Å². The molecule has 2 aromatic carbocycles. The van der Waals surface area contributed by atoms with Gasteiger partial charge in [0.1, 0.15) is 11.5 Å². The van der Waals surface area contributed by atoms with Gasteiger partial charge >= 0.3 is 6.03 Å². The second-order valence-corrected chi connectivity index (χ2v) is 6.80. The van der Waals surface area contributed by atoms with E-state index in [1.54, 1.807) is 6.07 Å². The van der Waals surface area contributed by atoms with Gasteiger partial charge in [-0.05, 0) is 30.3 Å². The summed E-state index contributed by atoms with van der Waals surface area (Å²) in [5, 5.41) is 10.5. The van der Waals surface area contributed by atoms with E-state index in [0.717, 1.165) is 0 Å².